The number of rotatable bonds is 4. The fourth-order valence-corrected chi connectivity index (χ4v) is 9.19. The van der Waals surface area contributed by atoms with Crippen LogP contribution < -0.4 is 0 Å². The van der Waals surface area contributed by atoms with Crippen LogP contribution in [0.5, 0.6) is 0 Å². The Kier molecular flexibility index (Phi) is 6.50. The zero-order chi connectivity index (χ0) is 34.9. The first kappa shape index (κ1) is 29.8. The molecule has 0 atom stereocenters. The fraction of sp³-hybridized carbons (Fsp3) is 0.0196. The van der Waals surface area contributed by atoms with Gasteiger partial charge >= 0.3 is 0 Å². The number of aromatic nitrogens is 2. The van der Waals surface area contributed by atoms with Crippen molar-refractivity contribution in [2.75, 3.05) is 0 Å². The maximum atomic E-state index is 5.20. The van der Waals surface area contributed by atoms with Gasteiger partial charge in [-0.2, -0.15) is 0 Å². The van der Waals surface area contributed by atoms with E-state index in [1.807, 2.05) is 12.1 Å². The minimum atomic E-state index is -0.381. The molecule has 0 fully saturated rings. The van der Waals surface area contributed by atoms with E-state index < -0.39 is 0 Å². The van der Waals surface area contributed by atoms with Gasteiger partial charge in [-0.05, 0) is 78.9 Å². The zero-order valence-electron chi connectivity index (χ0n) is 28.9. The van der Waals surface area contributed by atoms with Crippen LogP contribution in [0.15, 0.2) is 194 Å². The van der Waals surface area contributed by atoms with Crippen molar-refractivity contribution < 1.29 is 0 Å². The molecule has 11 rings (SSSR count). The smallest absolute Gasteiger partial charge is 0.160 e. The Labute approximate surface area is 308 Å². The number of benzene rings is 8. The van der Waals surface area contributed by atoms with E-state index in [1.54, 1.807) is 0 Å². The molecule has 0 unspecified atom stereocenters. The Morgan fingerprint density at radius 2 is 0.830 bits per heavy atom. The molecular formula is C51H32N2. The van der Waals surface area contributed by atoms with Crippen molar-refractivity contribution in [1.82, 2.24) is 9.97 Å². The van der Waals surface area contributed by atoms with Crippen LogP contribution in [0.25, 0.3) is 78.1 Å². The highest BCUT2D eigenvalue weighted by Gasteiger charge is 2.52. The van der Waals surface area contributed by atoms with Gasteiger partial charge < -0.3 is 0 Å². The van der Waals surface area contributed by atoms with Crippen molar-refractivity contribution in [3.63, 3.8) is 0 Å². The summed E-state index contributed by atoms with van der Waals surface area (Å²) >= 11 is 0. The lowest BCUT2D eigenvalue weighted by Crippen LogP contribution is -2.25. The maximum absolute atomic E-state index is 5.20. The molecule has 1 heterocycles. The summed E-state index contributed by atoms with van der Waals surface area (Å²) in [5, 5.41) is 1.05. The summed E-state index contributed by atoms with van der Waals surface area (Å²) in [5.41, 5.74) is 19.0. The fourth-order valence-electron chi connectivity index (χ4n) is 9.19. The molecule has 1 aromatic heterocycles. The highest BCUT2D eigenvalue weighted by molar-refractivity contribution is 6.02. The third-order valence-corrected chi connectivity index (χ3v) is 11.3. The van der Waals surface area contributed by atoms with E-state index in [1.165, 1.54) is 61.2 Å². The van der Waals surface area contributed by atoms with E-state index in [9.17, 15) is 0 Å². The average Bonchev–Trinajstić information content (AvgIpc) is 3.71. The monoisotopic (exact) mass is 672 g/mol. The molecule has 0 bridgehead atoms. The molecule has 9 aromatic rings. The Morgan fingerprint density at radius 1 is 0.321 bits per heavy atom. The number of fused-ring (bicyclic) bond motifs is 11. The summed E-state index contributed by atoms with van der Waals surface area (Å²) in [6, 6.07) is 70.2. The lowest BCUT2D eigenvalue weighted by molar-refractivity contribution is 0.794. The third-order valence-electron chi connectivity index (χ3n) is 11.3. The number of nitrogens with zero attached hydrogens (tertiary/aromatic N) is 2. The molecule has 53 heavy (non-hydrogen) atoms. The van der Waals surface area contributed by atoms with Gasteiger partial charge in [0.05, 0.1) is 16.6 Å². The number of para-hydroxylation sites is 1. The van der Waals surface area contributed by atoms with Crippen molar-refractivity contribution in [3.05, 3.63) is 216 Å². The minimum absolute atomic E-state index is 0.381. The van der Waals surface area contributed by atoms with E-state index in [2.05, 4.69) is 182 Å². The van der Waals surface area contributed by atoms with Gasteiger partial charge in [-0.15, -0.1) is 0 Å². The van der Waals surface area contributed by atoms with Crippen LogP contribution in [-0.2, 0) is 5.41 Å². The maximum Gasteiger partial charge on any atom is 0.160 e. The van der Waals surface area contributed by atoms with Gasteiger partial charge in [-0.1, -0.05) is 182 Å². The van der Waals surface area contributed by atoms with Gasteiger partial charge in [0.2, 0.25) is 0 Å². The molecule has 0 saturated heterocycles. The van der Waals surface area contributed by atoms with E-state index in [0.29, 0.717) is 0 Å². The molecule has 2 aliphatic carbocycles. The molecule has 0 radical (unpaired) electrons. The Bertz CT molecular complexity index is 2860. The Hall–Kier alpha value is -6.90. The predicted molar refractivity (Wildman–Crippen MR) is 218 cm³/mol. The largest absolute Gasteiger partial charge is 0.228 e. The SMILES string of the molecule is c1ccc(-c2nc(-c3cccc(-c4ccccc4-c4cccc5c4-c4ccccc4C54c5ccccc5-c5ccccc54)c3)nc3ccccc23)cc1. The molecule has 2 nitrogen and oxygen atoms in total. The molecule has 1 spiro atoms. The second-order valence-electron chi connectivity index (χ2n) is 14.0. The van der Waals surface area contributed by atoms with Crippen molar-refractivity contribution in [2.45, 2.75) is 5.41 Å². The summed E-state index contributed by atoms with van der Waals surface area (Å²) in [6.45, 7) is 0. The summed E-state index contributed by atoms with van der Waals surface area (Å²) in [6.07, 6.45) is 0. The Balaban J connectivity index is 1.11. The lowest BCUT2D eigenvalue weighted by atomic mass is 9.70. The van der Waals surface area contributed by atoms with Gasteiger partial charge in [-0.3, -0.25) is 0 Å². The molecule has 0 aliphatic heterocycles. The van der Waals surface area contributed by atoms with Gasteiger partial charge in [-0.25, -0.2) is 9.97 Å². The zero-order valence-corrected chi connectivity index (χ0v) is 28.9. The molecule has 2 heteroatoms. The Morgan fingerprint density at radius 3 is 1.58 bits per heavy atom. The summed E-state index contributed by atoms with van der Waals surface area (Å²) in [7, 11) is 0. The second kappa shape index (κ2) is 11.6. The van der Waals surface area contributed by atoms with Crippen molar-refractivity contribution >= 4 is 10.9 Å². The molecule has 0 N–H and O–H groups in total. The van der Waals surface area contributed by atoms with Gasteiger partial charge in [0.25, 0.3) is 0 Å². The third kappa shape index (κ3) is 4.27. The van der Waals surface area contributed by atoms with E-state index >= 15 is 0 Å². The van der Waals surface area contributed by atoms with E-state index in [4.69, 9.17) is 9.97 Å². The second-order valence-corrected chi connectivity index (χ2v) is 14.0. The van der Waals surface area contributed by atoms with E-state index in [-0.39, 0.29) is 5.41 Å². The summed E-state index contributed by atoms with van der Waals surface area (Å²) in [4.78, 5) is 10.3. The molecule has 8 aromatic carbocycles. The predicted octanol–water partition coefficient (Wildman–Crippen LogP) is 12.6. The quantitative estimate of drug-likeness (QED) is 0.186. The molecule has 0 amide bonds. The summed E-state index contributed by atoms with van der Waals surface area (Å²) < 4.78 is 0. The van der Waals surface area contributed by atoms with Crippen LogP contribution in [0.2, 0.25) is 0 Å². The first-order chi connectivity index (χ1) is 26.3. The average molecular weight is 673 g/mol. The molecule has 2 aliphatic rings. The highest BCUT2D eigenvalue weighted by Crippen LogP contribution is 2.64. The molecule has 246 valence electrons. The van der Waals surface area contributed by atoms with Gasteiger partial charge in [0.15, 0.2) is 5.82 Å². The first-order valence-electron chi connectivity index (χ1n) is 18.3. The van der Waals surface area contributed by atoms with Crippen LogP contribution in [0, 0.1) is 0 Å². The topological polar surface area (TPSA) is 25.8 Å². The standard InChI is InChI=1S/C51H32N2/c1-2-16-33(17-3-1)49-42-25-9-13-31-47(42)52-50(53-49)35-19-14-18-34(32-35)36-20-4-5-21-37(36)40-26-15-30-46-48(40)41-24-8-12-29-45(41)51(46)43-27-10-6-22-38(43)39-23-7-11-28-44(39)51/h1-32H. The lowest BCUT2D eigenvalue weighted by Gasteiger charge is -2.30. The van der Waals surface area contributed by atoms with Crippen LogP contribution in [0.3, 0.4) is 0 Å². The molecule has 0 saturated carbocycles. The van der Waals surface area contributed by atoms with Crippen LogP contribution in [0.4, 0.5) is 0 Å². The normalized spacial score (nSPS) is 13.1. The van der Waals surface area contributed by atoms with Crippen LogP contribution in [0.1, 0.15) is 22.3 Å². The molecular weight excluding hydrogens is 641 g/mol. The minimum Gasteiger partial charge on any atom is -0.228 e. The van der Waals surface area contributed by atoms with Crippen LogP contribution in [-0.4, -0.2) is 9.97 Å². The van der Waals surface area contributed by atoms with Crippen molar-refractivity contribution in [2.24, 2.45) is 0 Å². The number of hydrogen-bond donors (Lipinski definition) is 0. The highest BCUT2D eigenvalue weighted by atomic mass is 14.9. The first-order valence-corrected chi connectivity index (χ1v) is 18.3. The summed E-state index contributed by atoms with van der Waals surface area (Å²) in [5.74, 6) is 0.719. The van der Waals surface area contributed by atoms with Crippen molar-refractivity contribution in [3.8, 4) is 67.2 Å². The van der Waals surface area contributed by atoms with Crippen molar-refractivity contribution in [1.29, 1.82) is 0 Å². The van der Waals surface area contributed by atoms with Gasteiger partial charge in [0, 0.05) is 16.5 Å². The van der Waals surface area contributed by atoms with Gasteiger partial charge in [0.1, 0.15) is 0 Å². The van der Waals surface area contributed by atoms with Crippen LogP contribution >= 0.6 is 0 Å². The number of hydrogen-bond acceptors (Lipinski definition) is 2. The van der Waals surface area contributed by atoms with E-state index in [0.717, 1.165) is 39.1 Å².